The number of aromatic nitrogens is 15. The fraction of sp³-hybridized carbons (Fsp3) is 0.360. The van der Waals surface area contributed by atoms with Gasteiger partial charge >= 0.3 is 0 Å². The number of nitrogens with zero attached hydrogens (tertiary/aromatic N) is 22. The third-order valence-corrected chi connectivity index (χ3v) is 25.4. The van der Waals surface area contributed by atoms with Crippen molar-refractivity contribution in [3.63, 3.8) is 0 Å². The van der Waals surface area contributed by atoms with E-state index in [1.54, 1.807) is 56.5 Å². The van der Waals surface area contributed by atoms with Gasteiger partial charge in [0.25, 0.3) is 34.4 Å². The molecule has 6 N–H and O–H groups in total. The number of aliphatic hydroxyl groups is 3. The van der Waals surface area contributed by atoms with Gasteiger partial charge in [-0.3, -0.25) is 48.4 Å². The Morgan fingerprint density at radius 2 is 0.841 bits per heavy atom. The number of anilines is 10. The molecule has 12 aromatic rings. The van der Waals surface area contributed by atoms with E-state index in [-0.39, 0.29) is 99.0 Å². The van der Waals surface area contributed by atoms with Gasteiger partial charge in [0, 0.05) is 98.1 Å². The van der Waals surface area contributed by atoms with Crippen molar-refractivity contribution in [3.8, 4) is 34.7 Å². The highest BCUT2D eigenvalue weighted by atomic mass is 16.5. The Morgan fingerprint density at radius 1 is 0.421 bits per heavy atom. The van der Waals surface area contributed by atoms with Crippen LogP contribution in [0.5, 0.6) is 17.2 Å². The van der Waals surface area contributed by atoms with Crippen LogP contribution < -0.4 is 66.4 Å². The molecular weight excluding hydrogens is 1610 g/mol. The molecule has 11 aliphatic rings. The quantitative estimate of drug-likeness (QED) is 0.0995. The van der Waals surface area contributed by atoms with E-state index in [0.29, 0.717) is 128 Å². The summed E-state index contributed by atoms with van der Waals surface area (Å²) in [6, 6.07) is 31.4. The molecule has 126 heavy (non-hydrogen) atoms. The number of carbonyl (C=O) groups excluding carboxylic acids is 3. The number of fused-ring (bicyclic) bond motifs is 19. The van der Waals surface area contributed by atoms with Crippen LogP contribution in [0.15, 0.2) is 166 Å². The molecule has 23 rings (SSSR count). The molecule has 9 aromatic heterocycles. The highest BCUT2D eigenvalue weighted by molar-refractivity contribution is 5.99. The van der Waals surface area contributed by atoms with Crippen molar-refractivity contribution in [3.05, 3.63) is 205 Å². The number of carbonyl (C=O) groups is 3. The van der Waals surface area contributed by atoms with Crippen LogP contribution >= 0.6 is 0 Å². The number of rotatable bonds is 7. The monoisotopic (exact) mass is 1700 g/mol. The number of pyridine rings is 3. The second-order valence-corrected chi connectivity index (χ2v) is 33.9. The van der Waals surface area contributed by atoms with Gasteiger partial charge in [-0.05, 0) is 180 Å². The number of hydrogen-bond acceptors (Lipinski definition) is 28. The number of hydrogen-bond donors (Lipinski definition) is 6. The molecule has 3 aromatic carbocycles. The van der Waals surface area contributed by atoms with Crippen LogP contribution in [0.4, 0.5) is 58.0 Å². The first kappa shape index (κ1) is 79.3. The highest BCUT2D eigenvalue weighted by Gasteiger charge is 2.51. The summed E-state index contributed by atoms with van der Waals surface area (Å²) in [4.78, 5) is 135. The van der Waals surface area contributed by atoms with Gasteiger partial charge in [0.15, 0.2) is 88.9 Å². The predicted octanol–water partition coefficient (Wildman–Crippen LogP) is 6.01. The van der Waals surface area contributed by atoms with Gasteiger partial charge in [0.05, 0.1) is 57.6 Å². The molecule has 18 heterocycles. The summed E-state index contributed by atoms with van der Waals surface area (Å²) >= 11 is 0. The highest BCUT2D eigenvalue weighted by Crippen LogP contribution is 2.55. The molecule has 6 bridgehead atoms. The van der Waals surface area contributed by atoms with E-state index in [1.165, 1.54) is 88.1 Å². The number of piperazine rings is 1. The third kappa shape index (κ3) is 14.6. The second kappa shape index (κ2) is 31.7. The Bertz CT molecular complexity index is 6710. The molecule has 2 spiro atoms. The molecule has 0 radical (unpaired) electrons. The van der Waals surface area contributed by atoms with Gasteiger partial charge < -0.3 is 60.2 Å². The third-order valence-electron chi connectivity index (χ3n) is 25.4. The second-order valence-electron chi connectivity index (χ2n) is 33.9. The van der Waals surface area contributed by atoms with Crippen molar-refractivity contribution < 1.29 is 43.9 Å². The van der Waals surface area contributed by atoms with Gasteiger partial charge in [-0.15, -0.1) is 0 Å². The molecule has 1 saturated heterocycles. The maximum Gasteiger partial charge on any atom is 0.278 e. The van der Waals surface area contributed by atoms with Crippen LogP contribution in [0, 0.1) is 0 Å². The molecular formula is C89H91N25O12. The number of aliphatic hydroxyl groups excluding tert-OH is 3. The average Bonchev–Trinajstić information content (AvgIpc) is 1.59. The minimum atomic E-state index is -0.793. The van der Waals surface area contributed by atoms with Crippen LogP contribution in [0.3, 0.4) is 0 Å². The first-order chi connectivity index (χ1) is 61.2. The van der Waals surface area contributed by atoms with E-state index in [4.69, 9.17) is 44.1 Å². The summed E-state index contributed by atoms with van der Waals surface area (Å²) in [5.74, 6) is 3.54. The molecule has 9 aliphatic heterocycles. The van der Waals surface area contributed by atoms with Crippen molar-refractivity contribution in [2.24, 2.45) is 0 Å². The van der Waals surface area contributed by atoms with Crippen molar-refractivity contribution in [2.45, 2.75) is 107 Å². The van der Waals surface area contributed by atoms with Gasteiger partial charge in [-0.25, -0.2) is 58.0 Å². The van der Waals surface area contributed by atoms with E-state index in [1.807, 2.05) is 42.5 Å². The van der Waals surface area contributed by atoms with E-state index in [2.05, 4.69) is 120 Å². The molecule has 3 atom stereocenters. The molecule has 37 nitrogen and oxygen atoms in total. The number of nitrogens with one attached hydrogen (secondary N) is 3. The molecule has 2 saturated carbocycles. The summed E-state index contributed by atoms with van der Waals surface area (Å²) in [7, 11) is 6.51. The number of likely N-dealkylation sites (N-methyl/N-ethyl adjacent to an activating group) is 3. The van der Waals surface area contributed by atoms with Crippen molar-refractivity contribution in [2.75, 3.05) is 135 Å². The number of ether oxygens (including phenoxy) is 3. The van der Waals surface area contributed by atoms with E-state index in [0.717, 1.165) is 82.1 Å². The minimum absolute atomic E-state index is 0.0824. The maximum absolute atomic E-state index is 13.6. The van der Waals surface area contributed by atoms with E-state index >= 15 is 0 Å². The predicted molar refractivity (Wildman–Crippen MR) is 469 cm³/mol. The normalized spacial score (nSPS) is 20.3. The zero-order chi connectivity index (χ0) is 86.0. The van der Waals surface area contributed by atoms with Gasteiger partial charge in [0.2, 0.25) is 17.8 Å². The summed E-state index contributed by atoms with van der Waals surface area (Å²) in [5, 5.41) is 42.7. The molecule has 37 heteroatoms. The molecule has 3 fully saturated rings. The average molecular weight is 1700 g/mol. The number of amides is 3. The molecule has 3 amide bonds. The van der Waals surface area contributed by atoms with Crippen LogP contribution in [0.25, 0.3) is 50.6 Å². The smallest absolute Gasteiger partial charge is 0.278 e. The topological polar surface area (TPSA) is 395 Å². The summed E-state index contributed by atoms with van der Waals surface area (Å²) < 4.78 is 26.4. The molecule has 2 aliphatic carbocycles. The number of benzene rings is 3. The molecule has 644 valence electrons. The minimum Gasteiger partial charge on any atom is -0.480 e. The lowest BCUT2D eigenvalue weighted by Gasteiger charge is -2.35. The SMILES string of the molecule is CN1CCN(c2ccc(Nc3ncc4c(=O)n5n(c4n3)-c3ccc4c(n3)N(CC(O)CC=CC5)C(=O)CO4)cc2)CC1.CN1CCc2ccc(Nc3ncc4c(=O)n5n(c4n3)-c3ccc4c(n3)N(CC(O)CC=CC5)C(=O)CO4)cc2C12CC2.CN1Cc2cc(Nc3ncc4c(=O)n5n(c4n3)-c3ccc4c(n3)N(CC(O)CC=CC5)C(=O)CO4)ccc2C2(CC2)C1. The Balaban J connectivity index is 0.000000115. The van der Waals surface area contributed by atoms with E-state index < -0.39 is 18.3 Å². The summed E-state index contributed by atoms with van der Waals surface area (Å²) in [6.45, 7) is 7.69. The standard InChI is InChI=1S/2C30H30N8O4.C29H31N9O4/c1-35-13-9-18-5-6-19(14-22(18)30(35)10-11-30)32-29-31-15-21-26(34-29)38-24-8-7-23-27(33-24)36(25(40)17-42-23)16-20(39)4-2-3-12-37(38)28(21)41;1-35-14-18-12-19(5-6-22(18)30(17-35)9-10-30)32-29-31-13-21-26(34-29)38-24-8-7-23-27(33-24)36(25(40)16-42-23)15-20(39)4-2-3-11-37(38)28(21)41;1-34-12-14-35(15-13-34)20-7-5-19(6-8-20)31-29-30-16-22-26(33-29)38-24-10-9-23-27(32-24)36(25(40)18-42-23)17-21(39)4-2-3-11-37(38)28(22)41/h2-3,5-8,14-15,20,39H,4,9-13,16-17H2,1H3,(H,31,32,34);2-3,5-8,12-13,20,39H,4,9-11,14-17H2,1H3,(H,31,32,34);2-3,5-10,16,21,39H,4,11-15,17-18H2,1H3,(H,30,31,33). The summed E-state index contributed by atoms with van der Waals surface area (Å²) in [6.07, 6.45) is 19.9. The van der Waals surface area contributed by atoms with Gasteiger partial charge in [-0.2, -0.15) is 15.0 Å². The van der Waals surface area contributed by atoms with E-state index in [9.17, 15) is 44.1 Å². The summed E-state index contributed by atoms with van der Waals surface area (Å²) in [5.41, 5.74) is 10.0. The van der Waals surface area contributed by atoms with Crippen molar-refractivity contribution >= 4 is 109 Å². The first-order valence-corrected chi connectivity index (χ1v) is 42.5. The Kier molecular flexibility index (Phi) is 20.0. The first-order valence-electron chi connectivity index (χ1n) is 42.5. The van der Waals surface area contributed by atoms with Crippen LogP contribution in [-0.2, 0) is 57.9 Å². The number of allylic oxidation sites excluding steroid dienone is 3. The lowest BCUT2D eigenvalue weighted by Crippen LogP contribution is -2.44. The zero-order valence-corrected chi connectivity index (χ0v) is 69.5. The van der Waals surface area contributed by atoms with Gasteiger partial charge in [-0.1, -0.05) is 48.6 Å². The largest absolute Gasteiger partial charge is 0.480 e. The Hall–Kier alpha value is -13.9. The lowest BCUT2D eigenvalue weighted by molar-refractivity contribution is -0.122. The van der Waals surface area contributed by atoms with Crippen molar-refractivity contribution in [1.82, 2.24) is 87.6 Å². The van der Waals surface area contributed by atoms with Crippen LogP contribution in [-0.4, -0.2) is 239 Å². The van der Waals surface area contributed by atoms with Crippen molar-refractivity contribution in [1.29, 1.82) is 0 Å². The Morgan fingerprint density at radius 3 is 1.28 bits per heavy atom. The Labute approximate surface area is 719 Å². The van der Waals surface area contributed by atoms with Gasteiger partial charge in [0.1, 0.15) is 16.2 Å². The maximum atomic E-state index is 13.6. The fourth-order valence-corrected chi connectivity index (χ4v) is 18.6. The lowest BCUT2D eigenvalue weighted by atomic mass is 9.87. The fourth-order valence-electron chi connectivity index (χ4n) is 18.6. The zero-order valence-electron chi connectivity index (χ0n) is 69.5. The van der Waals surface area contributed by atoms with Crippen LogP contribution in [0.2, 0.25) is 0 Å². The molecule has 3 unspecified atom stereocenters. The van der Waals surface area contributed by atoms with Crippen LogP contribution in [0.1, 0.15) is 67.2 Å².